The number of piperazine rings is 1. The van der Waals surface area contributed by atoms with E-state index in [4.69, 9.17) is 27.9 Å². The fraction of sp³-hybridized carbons (Fsp3) is 0.286. The van der Waals surface area contributed by atoms with Crippen LogP contribution in [0, 0.1) is 0 Å². The quantitative estimate of drug-likeness (QED) is 0.673. The Morgan fingerprint density at radius 1 is 1.07 bits per heavy atom. The highest BCUT2D eigenvalue weighted by Gasteiger charge is 2.21. The second kappa shape index (κ2) is 9.16. The fourth-order valence-corrected chi connectivity index (χ4v) is 3.45. The molecule has 142 valence electrons. The minimum absolute atomic E-state index is 0.0243. The van der Waals surface area contributed by atoms with E-state index in [1.807, 2.05) is 42.2 Å². The van der Waals surface area contributed by atoms with Crippen molar-refractivity contribution in [1.82, 2.24) is 4.90 Å². The Kier molecular flexibility index (Phi) is 6.64. The Bertz CT molecular complexity index is 831. The first-order valence-corrected chi connectivity index (χ1v) is 9.73. The third kappa shape index (κ3) is 4.76. The molecule has 1 amide bonds. The van der Waals surface area contributed by atoms with Gasteiger partial charge in [0.25, 0.3) is 0 Å². The van der Waals surface area contributed by atoms with Crippen LogP contribution in [-0.4, -0.2) is 43.6 Å². The van der Waals surface area contributed by atoms with Crippen molar-refractivity contribution in [2.45, 2.75) is 6.92 Å². The van der Waals surface area contributed by atoms with Crippen LogP contribution in [0.3, 0.4) is 0 Å². The molecule has 6 heteroatoms. The fourth-order valence-electron chi connectivity index (χ4n) is 3.08. The van der Waals surface area contributed by atoms with Gasteiger partial charge in [0.15, 0.2) is 0 Å². The molecule has 27 heavy (non-hydrogen) atoms. The zero-order valence-corrected chi connectivity index (χ0v) is 16.7. The third-order valence-electron chi connectivity index (χ3n) is 4.48. The van der Waals surface area contributed by atoms with E-state index < -0.39 is 0 Å². The minimum atomic E-state index is -0.0243. The average molecular weight is 405 g/mol. The number of nitrogens with zero attached hydrogens (tertiary/aromatic N) is 2. The number of halogens is 2. The van der Waals surface area contributed by atoms with Crippen molar-refractivity contribution in [3.8, 4) is 5.75 Å². The van der Waals surface area contributed by atoms with Crippen LogP contribution in [0.2, 0.25) is 10.0 Å². The van der Waals surface area contributed by atoms with E-state index in [0.29, 0.717) is 29.7 Å². The molecule has 0 unspecified atom stereocenters. The van der Waals surface area contributed by atoms with Crippen LogP contribution in [-0.2, 0) is 4.79 Å². The van der Waals surface area contributed by atoms with Crippen molar-refractivity contribution in [2.75, 3.05) is 37.7 Å². The standard InChI is InChI=1S/C21H22Cl2N2O2/c1-2-27-19-9-4-3-8-18(19)24-12-14-25(15-13-24)20(26)11-10-16-6-5-7-17(22)21(16)23/h3-11H,2,12-15H2,1H3/b11-10+. The smallest absolute Gasteiger partial charge is 0.246 e. The van der Waals surface area contributed by atoms with Crippen molar-refractivity contribution >= 4 is 40.9 Å². The van der Waals surface area contributed by atoms with Crippen LogP contribution >= 0.6 is 23.2 Å². The van der Waals surface area contributed by atoms with Crippen molar-refractivity contribution in [3.05, 3.63) is 64.1 Å². The molecule has 0 N–H and O–H groups in total. The van der Waals surface area contributed by atoms with Crippen LogP contribution in [0.4, 0.5) is 5.69 Å². The number of hydrogen-bond donors (Lipinski definition) is 0. The summed E-state index contributed by atoms with van der Waals surface area (Å²) in [4.78, 5) is 16.6. The molecule has 0 saturated carbocycles. The Labute approximate surface area is 169 Å². The summed E-state index contributed by atoms with van der Waals surface area (Å²) in [5.74, 6) is 0.860. The minimum Gasteiger partial charge on any atom is -0.492 e. The number of hydrogen-bond acceptors (Lipinski definition) is 3. The number of amides is 1. The normalized spacial score (nSPS) is 14.6. The van der Waals surface area contributed by atoms with Crippen LogP contribution in [0.1, 0.15) is 12.5 Å². The number of ether oxygens (including phenoxy) is 1. The molecule has 2 aromatic carbocycles. The number of rotatable bonds is 5. The predicted molar refractivity (Wildman–Crippen MR) is 112 cm³/mol. The molecule has 0 radical (unpaired) electrons. The maximum Gasteiger partial charge on any atom is 0.246 e. The number of benzene rings is 2. The number of carbonyl (C=O) groups is 1. The van der Waals surface area contributed by atoms with E-state index in [9.17, 15) is 4.79 Å². The van der Waals surface area contributed by atoms with Gasteiger partial charge in [-0.15, -0.1) is 0 Å². The second-order valence-electron chi connectivity index (χ2n) is 6.19. The molecule has 0 atom stereocenters. The molecule has 0 bridgehead atoms. The molecule has 0 spiro atoms. The maximum absolute atomic E-state index is 12.5. The predicted octanol–water partition coefficient (Wildman–Crippen LogP) is 4.75. The van der Waals surface area contributed by atoms with Gasteiger partial charge < -0.3 is 14.5 Å². The van der Waals surface area contributed by atoms with E-state index >= 15 is 0 Å². The second-order valence-corrected chi connectivity index (χ2v) is 6.97. The van der Waals surface area contributed by atoms with Gasteiger partial charge in [0, 0.05) is 32.3 Å². The molecule has 2 aromatic rings. The van der Waals surface area contributed by atoms with Crippen LogP contribution in [0.25, 0.3) is 6.08 Å². The third-order valence-corrected chi connectivity index (χ3v) is 5.32. The lowest BCUT2D eigenvalue weighted by atomic mass is 10.2. The van der Waals surface area contributed by atoms with Crippen LogP contribution in [0.15, 0.2) is 48.5 Å². The Morgan fingerprint density at radius 3 is 2.56 bits per heavy atom. The summed E-state index contributed by atoms with van der Waals surface area (Å²) in [5, 5.41) is 0.938. The summed E-state index contributed by atoms with van der Waals surface area (Å²) in [6, 6.07) is 13.4. The molecule has 1 heterocycles. The summed E-state index contributed by atoms with van der Waals surface area (Å²) in [7, 11) is 0. The summed E-state index contributed by atoms with van der Waals surface area (Å²) >= 11 is 12.2. The van der Waals surface area contributed by atoms with Crippen molar-refractivity contribution in [1.29, 1.82) is 0 Å². The molecule has 1 aliphatic heterocycles. The molecular formula is C21H22Cl2N2O2. The topological polar surface area (TPSA) is 32.8 Å². The Balaban J connectivity index is 1.61. The maximum atomic E-state index is 12.5. The van der Waals surface area contributed by atoms with E-state index in [-0.39, 0.29) is 5.91 Å². The van der Waals surface area contributed by atoms with Gasteiger partial charge in [0.1, 0.15) is 5.75 Å². The number of anilines is 1. The largest absolute Gasteiger partial charge is 0.492 e. The monoisotopic (exact) mass is 404 g/mol. The molecule has 0 aromatic heterocycles. The van der Waals surface area contributed by atoms with Gasteiger partial charge in [-0.3, -0.25) is 4.79 Å². The van der Waals surface area contributed by atoms with Crippen molar-refractivity contribution < 1.29 is 9.53 Å². The Morgan fingerprint density at radius 2 is 1.81 bits per heavy atom. The lowest BCUT2D eigenvalue weighted by Gasteiger charge is -2.36. The highest BCUT2D eigenvalue weighted by Crippen LogP contribution is 2.29. The highest BCUT2D eigenvalue weighted by molar-refractivity contribution is 6.42. The lowest BCUT2D eigenvalue weighted by molar-refractivity contribution is -0.126. The first-order chi connectivity index (χ1) is 13.1. The van der Waals surface area contributed by atoms with Gasteiger partial charge >= 0.3 is 0 Å². The van der Waals surface area contributed by atoms with E-state index in [1.165, 1.54) is 0 Å². The molecule has 0 aliphatic carbocycles. The Hall–Kier alpha value is -2.17. The summed E-state index contributed by atoms with van der Waals surface area (Å²) in [5.41, 5.74) is 1.81. The van der Waals surface area contributed by atoms with Crippen LogP contribution < -0.4 is 9.64 Å². The number of para-hydroxylation sites is 2. The molecular weight excluding hydrogens is 383 g/mol. The molecule has 4 nitrogen and oxygen atoms in total. The van der Waals surface area contributed by atoms with Gasteiger partial charge in [0.2, 0.25) is 5.91 Å². The van der Waals surface area contributed by atoms with Gasteiger partial charge in [-0.25, -0.2) is 0 Å². The molecule has 1 aliphatic rings. The molecule has 3 rings (SSSR count). The summed E-state index contributed by atoms with van der Waals surface area (Å²) in [6.07, 6.45) is 3.27. The summed E-state index contributed by atoms with van der Waals surface area (Å²) < 4.78 is 5.72. The first-order valence-electron chi connectivity index (χ1n) is 8.98. The van der Waals surface area contributed by atoms with Gasteiger partial charge in [0.05, 0.1) is 22.3 Å². The van der Waals surface area contributed by atoms with E-state index in [1.54, 1.807) is 18.2 Å². The van der Waals surface area contributed by atoms with E-state index in [2.05, 4.69) is 11.0 Å². The summed E-state index contributed by atoms with van der Waals surface area (Å²) in [6.45, 7) is 5.46. The van der Waals surface area contributed by atoms with Gasteiger partial charge in [-0.1, -0.05) is 47.5 Å². The van der Waals surface area contributed by atoms with E-state index in [0.717, 1.165) is 30.1 Å². The zero-order chi connectivity index (χ0) is 19.2. The van der Waals surface area contributed by atoms with Crippen molar-refractivity contribution in [3.63, 3.8) is 0 Å². The van der Waals surface area contributed by atoms with Gasteiger partial charge in [-0.05, 0) is 36.8 Å². The van der Waals surface area contributed by atoms with Crippen LogP contribution in [0.5, 0.6) is 5.75 Å². The number of carbonyl (C=O) groups excluding carboxylic acids is 1. The molecule has 1 fully saturated rings. The SMILES string of the molecule is CCOc1ccccc1N1CCN(C(=O)/C=C/c2cccc(Cl)c2Cl)CC1. The zero-order valence-electron chi connectivity index (χ0n) is 15.2. The first kappa shape index (κ1) is 19.6. The van der Waals surface area contributed by atoms with Gasteiger partial charge in [-0.2, -0.15) is 0 Å². The average Bonchev–Trinajstić information content (AvgIpc) is 2.70. The highest BCUT2D eigenvalue weighted by atomic mass is 35.5. The molecule has 1 saturated heterocycles. The van der Waals surface area contributed by atoms with Crippen molar-refractivity contribution in [2.24, 2.45) is 0 Å². The lowest BCUT2D eigenvalue weighted by Crippen LogP contribution is -2.48.